The number of nitrogens with zero attached hydrogens (tertiary/aromatic N) is 3. The van der Waals surface area contributed by atoms with Crippen LogP contribution in [0.3, 0.4) is 0 Å². The number of carbonyl (C=O) groups excluding carboxylic acids is 2. The van der Waals surface area contributed by atoms with Gasteiger partial charge in [0.1, 0.15) is 5.56 Å². The van der Waals surface area contributed by atoms with Gasteiger partial charge in [-0.3, -0.25) is 14.3 Å². The van der Waals surface area contributed by atoms with Crippen molar-refractivity contribution in [2.24, 2.45) is 13.0 Å². The molecule has 0 aromatic carbocycles. The number of aromatic nitrogens is 2. The van der Waals surface area contributed by atoms with Crippen LogP contribution in [0.15, 0.2) is 6.20 Å². The highest BCUT2D eigenvalue weighted by Crippen LogP contribution is 2.16. The molecule has 1 saturated heterocycles. The van der Waals surface area contributed by atoms with Gasteiger partial charge >= 0.3 is 0 Å². The van der Waals surface area contributed by atoms with E-state index in [2.05, 4.69) is 17.3 Å². The van der Waals surface area contributed by atoms with Crippen LogP contribution in [0.25, 0.3) is 0 Å². The third-order valence-corrected chi connectivity index (χ3v) is 3.64. The number of ether oxygens (including phenoxy) is 1. The summed E-state index contributed by atoms with van der Waals surface area (Å²) in [5.41, 5.74) is 0.333. The predicted molar refractivity (Wildman–Crippen MR) is 77.1 cm³/mol. The van der Waals surface area contributed by atoms with E-state index in [-0.39, 0.29) is 24.2 Å². The van der Waals surface area contributed by atoms with Gasteiger partial charge in [-0.15, -0.1) is 5.10 Å². The summed E-state index contributed by atoms with van der Waals surface area (Å²) in [6, 6.07) is 0. The minimum absolute atomic E-state index is 0.00357. The van der Waals surface area contributed by atoms with Crippen molar-refractivity contribution in [3.63, 3.8) is 0 Å². The summed E-state index contributed by atoms with van der Waals surface area (Å²) in [5, 5.41) is 6.65. The highest BCUT2D eigenvalue weighted by atomic mass is 16.5. The number of hydrogen-bond acceptors (Lipinski definition) is 4. The van der Waals surface area contributed by atoms with Gasteiger partial charge in [-0.25, -0.2) is 0 Å². The Bertz CT molecular complexity index is 526. The van der Waals surface area contributed by atoms with Crippen molar-refractivity contribution in [2.45, 2.75) is 19.8 Å². The summed E-state index contributed by atoms with van der Waals surface area (Å²) in [4.78, 5) is 26.0. The van der Waals surface area contributed by atoms with E-state index in [0.29, 0.717) is 11.5 Å². The molecule has 1 fully saturated rings. The van der Waals surface area contributed by atoms with Gasteiger partial charge in [-0.1, -0.05) is 6.92 Å². The van der Waals surface area contributed by atoms with Crippen molar-refractivity contribution in [2.75, 3.05) is 26.7 Å². The van der Waals surface area contributed by atoms with Gasteiger partial charge in [0.15, 0.2) is 0 Å². The second-order valence-corrected chi connectivity index (χ2v) is 5.50. The van der Waals surface area contributed by atoms with Crippen LogP contribution in [0.5, 0.6) is 5.88 Å². The first-order valence-corrected chi connectivity index (χ1v) is 7.15. The van der Waals surface area contributed by atoms with E-state index in [1.54, 1.807) is 13.2 Å². The number of piperidine rings is 1. The Kier molecular flexibility index (Phi) is 4.82. The molecule has 0 spiro atoms. The van der Waals surface area contributed by atoms with E-state index in [1.165, 1.54) is 11.8 Å². The van der Waals surface area contributed by atoms with Gasteiger partial charge in [-0.2, -0.15) is 0 Å². The maximum absolute atomic E-state index is 12.1. The molecule has 2 rings (SSSR count). The molecule has 1 aliphatic rings. The molecular weight excluding hydrogens is 272 g/mol. The maximum Gasteiger partial charge on any atom is 0.258 e. The molecular formula is C14H22N4O3. The average molecular weight is 294 g/mol. The summed E-state index contributed by atoms with van der Waals surface area (Å²) in [5.74, 6) is 0.391. The van der Waals surface area contributed by atoms with Crippen LogP contribution in [0, 0.1) is 5.92 Å². The number of carbonyl (C=O) groups is 2. The second-order valence-electron chi connectivity index (χ2n) is 5.50. The van der Waals surface area contributed by atoms with E-state index in [9.17, 15) is 9.59 Å². The Morgan fingerprint density at radius 1 is 1.52 bits per heavy atom. The van der Waals surface area contributed by atoms with Gasteiger partial charge in [0.25, 0.3) is 5.91 Å². The molecule has 1 aliphatic heterocycles. The lowest BCUT2D eigenvalue weighted by Gasteiger charge is -2.31. The van der Waals surface area contributed by atoms with E-state index in [0.717, 1.165) is 25.9 Å². The van der Waals surface area contributed by atoms with Crippen molar-refractivity contribution in [1.82, 2.24) is 20.0 Å². The first-order chi connectivity index (χ1) is 10.0. The van der Waals surface area contributed by atoms with E-state index < -0.39 is 0 Å². The lowest BCUT2D eigenvalue weighted by molar-refractivity contribution is -0.131. The van der Waals surface area contributed by atoms with Crippen LogP contribution in [0.1, 0.15) is 30.1 Å². The number of amides is 2. The smallest absolute Gasteiger partial charge is 0.258 e. The van der Waals surface area contributed by atoms with Crippen molar-refractivity contribution < 1.29 is 14.3 Å². The summed E-state index contributed by atoms with van der Waals surface area (Å²) in [7, 11) is 3.17. The van der Waals surface area contributed by atoms with Crippen molar-refractivity contribution in [1.29, 1.82) is 0 Å². The minimum Gasteiger partial charge on any atom is -0.479 e. The van der Waals surface area contributed by atoms with Crippen LogP contribution in [0.4, 0.5) is 0 Å². The molecule has 2 heterocycles. The van der Waals surface area contributed by atoms with Crippen LogP contribution < -0.4 is 10.1 Å². The number of hydrogen-bond donors (Lipinski definition) is 1. The summed E-state index contributed by atoms with van der Waals surface area (Å²) >= 11 is 0. The molecule has 7 heteroatoms. The van der Waals surface area contributed by atoms with Gasteiger partial charge in [-0.05, 0) is 18.8 Å². The number of methoxy groups -OCH3 is 1. The Morgan fingerprint density at radius 3 is 2.95 bits per heavy atom. The fraction of sp³-hybridized carbons (Fsp3) is 0.643. The fourth-order valence-electron chi connectivity index (χ4n) is 2.55. The average Bonchev–Trinajstić information content (AvgIpc) is 2.85. The molecule has 1 atom stereocenters. The Hall–Kier alpha value is -2.05. The Labute approximate surface area is 124 Å². The van der Waals surface area contributed by atoms with Crippen LogP contribution in [-0.4, -0.2) is 53.2 Å². The number of nitrogens with one attached hydrogen (secondary N) is 1. The molecule has 7 nitrogen and oxygen atoms in total. The Morgan fingerprint density at radius 2 is 2.29 bits per heavy atom. The summed E-state index contributed by atoms with van der Waals surface area (Å²) in [6.07, 6.45) is 3.75. The monoisotopic (exact) mass is 294 g/mol. The Balaban J connectivity index is 1.90. The summed E-state index contributed by atoms with van der Waals surface area (Å²) < 4.78 is 6.54. The SMILES string of the molecule is COc1nn(C)cc1C(=O)NCC(=O)N1CCCC(C)C1. The normalized spacial score (nSPS) is 18.4. The second kappa shape index (κ2) is 6.60. The van der Waals surface area contributed by atoms with Crippen molar-refractivity contribution in [3.05, 3.63) is 11.8 Å². The van der Waals surface area contributed by atoms with Crippen molar-refractivity contribution >= 4 is 11.8 Å². The van der Waals surface area contributed by atoms with Crippen LogP contribution >= 0.6 is 0 Å². The lowest BCUT2D eigenvalue weighted by Crippen LogP contribution is -2.44. The van der Waals surface area contributed by atoms with Crippen LogP contribution in [-0.2, 0) is 11.8 Å². The van der Waals surface area contributed by atoms with Gasteiger partial charge < -0.3 is 15.0 Å². The highest BCUT2D eigenvalue weighted by Gasteiger charge is 2.22. The molecule has 1 N–H and O–H groups in total. The third kappa shape index (κ3) is 3.74. The molecule has 1 aromatic rings. The maximum atomic E-state index is 12.1. The highest BCUT2D eigenvalue weighted by molar-refractivity contribution is 5.98. The van der Waals surface area contributed by atoms with Crippen molar-refractivity contribution in [3.8, 4) is 5.88 Å². The molecule has 0 aliphatic carbocycles. The number of rotatable bonds is 4. The standard InChI is InChI=1S/C14H22N4O3/c1-10-5-4-6-18(8-10)12(19)7-15-13(20)11-9-17(2)16-14(11)21-3/h9-10H,4-8H2,1-3H3,(H,15,20). The van der Waals surface area contributed by atoms with Crippen LogP contribution in [0.2, 0.25) is 0 Å². The lowest BCUT2D eigenvalue weighted by atomic mass is 10.0. The van der Waals surface area contributed by atoms with Gasteiger partial charge in [0.05, 0.1) is 13.7 Å². The number of aryl methyl sites for hydroxylation is 1. The molecule has 2 amide bonds. The molecule has 116 valence electrons. The molecule has 21 heavy (non-hydrogen) atoms. The molecule has 0 bridgehead atoms. The molecule has 1 aromatic heterocycles. The molecule has 0 saturated carbocycles. The van der Waals surface area contributed by atoms with E-state index >= 15 is 0 Å². The zero-order valence-corrected chi connectivity index (χ0v) is 12.8. The first kappa shape index (κ1) is 15.3. The third-order valence-electron chi connectivity index (χ3n) is 3.64. The fourth-order valence-corrected chi connectivity index (χ4v) is 2.55. The minimum atomic E-state index is -0.349. The zero-order valence-electron chi connectivity index (χ0n) is 12.8. The topological polar surface area (TPSA) is 76.5 Å². The number of likely N-dealkylation sites (tertiary alicyclic amines) is 1. The predicted octanol–water partition coefficient (Wildman–Crippen LogP) is 0.417. The molecule has 1 unspecified atom stereocenters. The van der Waals surface area contributed by atoms with E-state index in [4.69, 9.17) is 4.74 Å². The largest absolute Gasteiger partial charge is 0.479 e. The quantitative estimate of drug-likeness (QED) is 0.873. The van der Waals surface area contributed by atoms with Gasteiger partial charge in [0.2, 0.25) is 11.8 Å². The van der Waals surface area contributed by atoms with Gasteiger partial charge in [0, 0.05) is 26.3 Å². The summed E-state index contributed by atoms with van der Waals surface area (Å²) in [6.45, 7) is 3.68. The first-order valence-electron chi connectivity index (χ1n) is 7.15. The molecule has 0 radical (unpaired) electrons. The zero-order chi connectivity index (χ0) is 15.4. The van der Waals surface area contributed by atoms with E-state index in [1.807, 2.05) is 4.90 Å².